The lowest BCUT2D eigenvalue weighted by Gasteiger charge is -2.13. The van der Waals surface area contributed by atoms with Crippen molar-refractivity contribution in [2.75, 3.05) is 13.7 Å². The zero-order valence-corrected chi connectivity index (χ0v) is 17.6. The van der Waals surface area contributed by atoms with Crippen molar-refractivity contribution >= 4 is 39.8 Å². The molecule has 0 aliphatic carbocycles. The Balaban J connectivity index is 1.55. The number of thioether (sulfide) groups is 1. The topological polar surface area (TPSA) is 55.8 Å². The van der Waals surface area contributed by atoms with Crippen LogP contribution in [0.25, 0.3) is 16.8 Å². The Kier molecular flexibility index (Phi) is 5.77. The summed E-state index contributed by atoms with van der Waals surface area (Å²) in [5, 5.41) is 2.08. The summed E-state index contributed by atoms with van der Waals surface area (Å²) in [4.78, 5) is 25.8. The summed E-state index contributed by atoms with van der Waals surface area (Å²) in [6.07, 6.45) is 1.71. The first-order chi connectivity index (χ1) is 14.6. The van der Waals surface area contributed by atoms with Gasteiger partial charge in [-0.2, -0.15) is 0 Å². The van der Waals surface area contributed by atoms with E-state index in [9.17, 15) is 9.59 Å². The minimum atomic E-state index is -0.261. The van der Waals surface area contributed by atoms with E-state index in [0.29, 0.717) is 29.6 Å². The summed E-state index contributed by atoms with van der Waals surface area (Å²) in [6.45, 7) is 2.56. The van der Waals surface area contributed by atoms with E-state index in [1.165, 1.54) is 10.3 Å². The molecule has 0 spiro atoms. The van der Waals surface area contributed by atoms with Gasteiger partial charge in [0.15, 0.2) is 11.5 Å². The van der Waals surface area contributed by atoms with Gasteiger partial charge in [-0.1, -0.05) is 48.5 Å². The number of hydrogen-bond donors (Lipinski definition) is 0. The van der Waals surface area contributed by atoms with Gasteiger partial charge >= 0.3 is 0 Å². The minimum Gasteiger partial charge on any atom is -0.493 e. The molecule has 5 nitrogen and oxygen atoms in total. The van der Waals surface area contributed by atoms with Crippen LogP contribution >= 0.6 is 11.8 Å². The van der Waals surface area contributed by atoms with E-state index in [1.807, 2.05) is 36.4 Å². The lowest BCUT2D eigenvalue weighted by atomic mass is 10.1. The van der Waals surface area contributed by atoms with Crippen LogP contribution in [0, 0.1) is 0 Å². The quantitative estimate of drug-likeness (QED) is 0.495. The second-order valence-corrected chi connectivity index (χ2v) is 7.76. The van der Waals surface area contributed by atoms with E-state index in [0.717, 1.165) is 28.3 Å². The largest absolute Gasteiger partial charge is 0.493 e. The van der Waals surface area contributed by atoms with Crippen LogP contribution < -0.4 is 9.47 Å². The molecule has 152 valence electrons. The minimum absolute atomic E-state index is 0.240. The molecule has 1 aliphatic rings. The molecule has 1 saturated heterocycles. The van der Waals surface area contributed by atoms with Crippen molar-refractivity contribution in [3.05, 3.63) is 76.7 Å². The fourth-order valence-corrected chi connectivity index (χ4v) is 4.29. The standard InChI is InChI=1S/C24H21NO4S/c1-3-25-23(26)22(30-24(25)27)14-16-11-12-20(21(13-16)28-2)29-15-18-9-6-8-17-7-4-5-10-19(17)18/h4-14H,3,15H2,1-2H3. The zero-order valence-electron chi connectivity index (χ0n) is 16.8. The molecule has 0 radical (unpaired) electrons. The third-order valence-electron chi connectivity index (χ3n) is 4.94. The maximum absolute atomic E-state index is 12.3. The Bertz CT molecular complexity index is 1150. The molecule has 30 heavy (non-hydrogen) atoms. The lowest BCUT2D eigenvalue weighted by molar-refractivity contribution is -0.122. The van der Waals surface area contributed by atoms with Crippen LogP contribution in [0.2, 0.25) is 0 Å². The molecule has 1 heterocycles. The number of imide groups is 1. The Labute approximate surface area is 179 Å². The number of ether oxygens (including phenoxy) is 2. The molecule has 4 rings (SSSR count). The van der Waals surface area contributed by atoms with E-state index in [4.69, 9.17) is 9.47 Å². The molecule has 0 bridgehead atoms. The molecule has 6 heteroatoms. The first-order valence-electron chi connectivity index (χ1n) is 9.63. The van der Waals surface area contributed by atoms with Gasteiger partial charge in [0.2, 0.25) is 0 Å². The van der Waals surface area contributed by atoms with Gasteiger partial charge in [0.25, 0.3) is 11.1 Å². The summed E-state index contributed by atoms with van der Waals surface area (Å²) in [7, 11) is 1.58. The summed E-state index contributed by atoms with van der Waals surface area (Å²) in [6, 6.07) is 19.8. The fraction of sp³-hybridized carbons (Fsp3) is 0.167. The number of fused-ring (bicyclic) bond motifs is 1. The second kappa shape index (κ2) is 8.63. The first kappa shape index (κ1) is 20.0. The average Bonchev–Trinajstić information content (AvgIpc) is 3.04. The van der Waals surface area contributed by atoms with Gasteiger partial charge < -0.3 is 9.47 Å². The van der Waals surface area contributed by atoms with Crippen molar-refractivity contribution in [2.24, 2.45) is 0 Å². The number of carbonyl (C=O) groups is 2. The SMILES string of the molecule is CCN1C(=O)SC(=Cc2ccc(OCc3cccc4ccccc34)c(OC)c2)C1=O. The van der Waals surface area contributed by atoms with Crippen molar-refractivity contribution in [2.45, 2.75) is 13.5 Å². The molecular weight excluding hydrogens is 398 g/mol. The highest BCUT2D eigenvalue weighted by Crippen LogP contribution is 2.34. The molecule has 3 aromatic carbocycles. The number of hydrogen-bond acceptors (Lipinski definition) is 5. The van der Waals surface area contributed by atoms with E-state index >= 15 is 0 Å². The molecule has 0 atom stereocenters. The van der Waals surface area contributed by atoms with Crippen LogP contribution in [-0.2, 0) is 11.4 Å². The number of rotatable bonds is 6. The lowest BCUT2D eigenvalue weighted by Crippen LogP contribution is -2.27. The maximum atomic E-state index is 12.3. The highest BCUT2D eigenvalue weighted by molar-refractivity contribution is 8.18. The van der Waals surface area contributed by atoms with Crippen molar-refractivity contribution in [3.63, 3.8) is 0 Å². The number of carbonyl (C=O) groups excluding carboxylic acids is 2. The molecule has 1 fully saturated rings. The number of nitrogens with zero attached hydrogens (tertiary/aromatic N) is 1. The molecule has 0 saturated carbocycles. The van der Waals surface area contributed by atoms with E-state index in [1.54, 1.807) is 26.2 Å². The number of methoxy groups -OCH3 is 1. The van der Waals surface area contributed by atoms with Crippen LogP contribution in [0.3, 0.4) is 0 Å². The predicted molar refractivity (Wildman–Crippen MR) is 120 cm³/mol. The third kappa shape index (κ3) is 3.91. The maximum Gasteiger partial charge on any atom is 0.293 e. The Morgan fingerprint density at radius 2 is 1.80 bits per heavy atom. The van der Waals surface area contributed by atoms with Crippen LogP contribution in [0.4, 0.5) is 4.79 Å². The van der Waals surface area contributed by atoms with E-state index in [-0.39, 0.29) is 11.1 Å². The molecule has 1 aliphatic heterocycles. The van der Waals surface area contributed by atoms with Gasteiger partial charge in [-0.25, -0.2) is 0 Å². The fourth-order valence-electron chi connectivity index (χ4n) is 3.39. The predicted octanol–water partition coefficient (Wildman–Crippen LogP) is 5.48. The van der Waals surface area contributed by atoms with Crippen LogP contribution in [0.15, 0.2) is 65.6 Å². The number of likely N-dealkylation sites (N-methyl/N-ethyl adjacent to an activating group) is 1. The smallest absolute Gasteiger partial charge is 0.293 e. The van der Waals surface area contributed by atoms with E-state index < -0.39 is 0 Å². The summed E-state index contributed by atoms with van der Waals surface area (Å²) in [5.74, 6) is 0.922. The monoisotopic (exact) mass is 419 g/mol. The zero-order chi connectivity index (χ0) is 21.1. The Morgan fingerprint density at radius 1 is 1.00 bits per heavy atom. The summed E-state index contributed by atoms with van der Waals surface area (Å²) < 4.78 is 11.5. The van der Waals surface area contributed by atoms with Crippen molar-refractivity contribution in [1.82, 2.24) is 4.90 Å². The van der Waals surface area contributed by atoms with Crippen molar-refractivity contribution in [1.29, 1.82) is 0 Å². The second-order valence-electron chi connectivity index (χ2n) is 6.76. The molecule has 0 aromatic heterocycles. The average molecular weight is 420 g/mol. The molecule has 3 aromatic rings. The number of benzene rings is 3. The van der Waals surface area contributed by atoms with Gasteiger partial charge in [-0.15, -0.1) is 0 Å². The van der Waals surface area contributed by atoms with Gasteiger partial charge in [0.1, 0.15) is 6.61 Å². The highest BCUT2D eigenvalue weighted by atomic mass is 32.2. The molecule has 0 N–H and O–H groups in total. The van der Waals surface area contributed by atoms with Gasteiger partial charge in [0, 0.05) is 6.54 Å². The van der Waals surface area contributed by atoms with Crippen LogP contribution in [0.5, 0.6) is 11.5 Å². The highest BCUT2D eigenvalue weighted by Gasteiger charge is 2.33. The normalized spacial score (nSPS) is 15.3. The molecular formula is C24H21NO4S. The summed E-state index contributed by atoms with van der Waals surface area (Å²) >= 11 is 0.954. The van der Waals surface area contributed by atoms with Crippen LogP contribution in [-0.4, -0.2) is 29.7 Å². The van der Waals surface area contributed by atoms with Gasteiger partial charge in [-0.3, -0.25) is 14.5 Å². The van der Waals surface area contributed by atoms with Crippen LogP contribution in [0.1, 0.15) is 18.1 Å². The van der Waals surface area contributed by atoms with Crippen molar-refractivity contribution in [3.8, 4) is 11.5 Å². The summed E-state index contributed by atoms with van der Waals surface area (Å²) in [5.41, 5.74) is 1.86. The van der Waals surface area contributed by atoms with Crippen molar-refractivity contribution < 1.29 is 19.1 Å². The Morgan fingerprint density at radius 3 is 2.57 bits per heavy atom. The van der Waals surface area contributed by atoms with Gasteiger partial charge in [-0.05, 0) is 58.8 Å². The molecule has 0 unspecified atom stereocenters. The molecule has 2 amide bonds. The Hall–Kier alpha value is -3.25. The third-order valence-corrected chi connectivity index (χ3v) is 5.85. The first-order valence-corrected chi connectivity index (χ1v) is 10.4. The number of amides is 2. The van der Waals surface area contributed by atoms with Gasteiger partial charge in [0.05, 0.1) is 12.0 Å². The van der Waals surface area contributed by atoms with E-state index in [2.05, 4.69) is 18.2 Å².